The molecule has 0 saturated heterocycles. The summed E-state index contributed by atoms with van der Waals surface area (Å²) in [6, 6.07) is 7.40. The van der Waals surface area contributed by atoms with E-state index in [1.807, 2.05) is 32.0 Å². The molecule has 0 saturated carbocycles. The Morgan fingerprint density at radius 3 is 2.70 bits per heavy atom. The lowest BCUT2D eigenvalue weighted by molar-refractivity contribution is 0.128. The first kappa shape index (κ1) is 15.0. The number of aryl methyl sites for hydroxylation is 1. The molecule has 1 N–H and O–H groups in total. The quantitative estimate of drug-likeness (QED) is 0.833. The highest BCUT2D eigenvalue weighted by molar-refractivity contribution is 6.33. The second-order valence-corrected chi connectivity index (χ2v) is 5.03. The number of aromatic nitrogens is 2. The molecular weight excluding hydrogens is 297 g/mol. The number of benzene rings is 1. The van der Waals surface area contributed by atoms with Crippen molar-refractivity contribution < 1.29 is 4.74 Å². The molecule has 20 heavy (non-hydrogen) atoms. The molecular formula is C14H15Cl2N3O. The summed E-state index contributed by atoms with van der Waals surface area (Å²) in [5, 5.41) is 4.13. The molecule has 1 heterocycles. The molecule has 1 aromatic carbocycles. The molecule has 0 amide bonds. The van der Waals surface area contributed by atoms with E-state index >= 15 is 0 Å². The highest BCUT2D eigenvalue weighted by atomic mass is 35.5. The van der Waals surface area contributed by atoms with E-state index in [9.17, 15) is 0 Å². The maximum Gasteiger partial charge on any atom is 0.158 e. The smallest absolute Gasteiger partial charge is 0.158 e. The fourth-order valence-electron chi connectivity index (χ4n) is 1.65. The van der Waals surface area contributed by atoms with E-state index in [0.29, 0.717) is 35.0 Å². The van der Waals surface area contributed by atoms with Crippen molar-refractivity contribution in [2.75, 3.05) is 11.9 Å². The Labute approximate surface area is 128 Å². The molecule has 0 aliphatic rings. The molecule has 2 aromatic rings. The van der Waals surface area contributed by atoms with Crippen LogP contribution in [0.15, 0.2) is 24.3 Å². The van der Waals surface area contributed by atoms with Gasteiger partial charge in [-0.3, -0.25) is 0 Å². The van der Waals surface area contributed by atoms with Crippen LogP contribution >= 0.6 is 23.2 Å². The van der Waals surface area contributed by atoms with Crippen molar-refractivity contribution in [3.8, 4) is 0 Å². The van der Waals surface area contributed by atoms with E-state index < -0.39 is 0 Å². The van der Waals surface area contributed by atoms with E-state index in [1.165, 1.54) is 0 Å². The topological polar surface area (TPSA) is 47.0 Å². The molecule has 0 spiro atoms. The van der Waals surface area contributed by atoms with Gasteiger partial charge in [-0.05, 0) is 31.5 Å². The Bertz CT molecular complexity index is 605. The third kappa shape index (κ3) is 4.07. The lowest BCUT2D eigenvalue weighted by atomic mass is 10.2. The van der Waals surface area contributed by atoms with Crippen LogP contribution in [0.5, 0.6) is 0 Å². The van der Waals surface area contributed by atoms with Crippen LogP contribution < -0.4 is 5.32 Å². The highest BCUT2D eigenvalue weighted by Crippen LogP contribution is 2.26. The highest BCUT2D eigenvalue weighted by Gasteiger charge is 2.06. The Kier molecular flexibility index (Phi) is 5.17. The van der Waals surface area contributed by atoms with Crippen LogP contribution in [0.2, 0.25) is 10.2 Å². The predicted octanol–water partition coefficient (Wildman–Crippen LogP) is 4.37. The van der Waals surface area contributed by atoms with E-state index in [-0.39, 0.29) is 0 Å². The van der Waals surface area contributed by atoms with Gasteiger partial charge in [0.05, 0.1) is 10.7 Å². The third-order valence-corrected chi connectivity index (χ3v) is 3.07. The van der Waals surface area contributed by atoms with E-state index in [0.717, 1.165) is 11.3 Å². The van der Waals surface area contributed by atoms with Gasteiger partial charge in [-0.1, -0.05) is 29.3 Å². The number of rotatable bonds is 5. The second-order valence-electron chi connectivity index (χ2n) is 4.24. The van der Waals surface area contributed by atoms with Gasteiger partial charge in [0.2, 0.25) is 0 Å². The van der Waals surface area contributed by atoms with E-state index in [2.05, 4.69) is 15.3 Å². The van der Waals surface area contributed by atoms with Crippen molar-refractivity contribution in [2.45, 2.75) is 20.5 Å². The van der Waals surface area contributed by atoms with Crippen molar-refractivity contribution in [2.24, 2.45) is 0 Å². The van der Waals surface area contributed by atoms with Gasteiger partial charge in [-0.2, -0.15) is 0 Å². The monoisotopic (exact) mass is 311 g/mol. The second kappa shape index (κ2) is 6.88. The zero-order valence-corrected chi connectivity index (χ0v) is 12.8. The number of halogens is 2. The summed E-state index contributed by atoms with van der Waals surface area (Å²) in [5.74, 6) is 1.12. The molecule has 6 heteroatoms. The van der Waals surface area contributed by atoms with Crippen LogP contribution in [0.3, 0.4) is 0 Å². The summed E-state index contributed by atoms with van der Waals surface area (Å²) in [5.41, 5.74) is 1.87. The van der Waals surface area contributed by atoms with E-state index in [1.54, 1.807) is 6.07 Å². The lowest BCUT2D eigenvalue weighted by Crippen LogP contribution is -2.03. The van der Waals surface area contributed by atoms with Gasteiger partial charge in [-0.15, -0.1) is 0 Å². The lowest BCUT2D eigenvalue weighted by Gasteiger charge is -2.10. The van der Waals surface area contributed by atoms with E-state index in [4.69, 9.17) is 27.9 Å². The molecule has 1 aromatic heterocycles. The van der Waals surface area contributed by atoms with Crippen LogP contribution in [0.1, 0.15) is 18.3 Å². The molecule has 106 valence electrons. The maximum atomic E-state index is 6.18. The van der Waals surface area contributed by atoms with Crippen molar-refractivity contribution in [1.82, 2.24) is 9.97 Å². The molecule has 0 atom stereocenters. The molecule has 0 radical (unpaired) electrons. The Morgan fingerprint density at radius 1 is 1.20 bits per heavy atom. The van der Waals surface area contributed by atoms with Gasteiger partial charge in [0, 0.05) is 12.7 Å². The van der Waals surface area contributed by atoms with Gasteiger partial charge >= 0.3 is 0 Å². The number of anilines is 2. The Balaban J connectivity index is 2.21. The average Bonchev–Trinajstić information content (AvgIpc) is 2.39. The standard InChI is InChI=1S/C14H15Cl2N3O/c1-3-20-8-14-18-12(16)7-13(19-14)17-11-5-4-9(2)6-10(11)15/h4-7H,3,8H2,1-2H3,(H,17,18,19). The molecule has 0 aliphatic carbocycles. The minimum absolute atomic E-state index is 0.327. The predicted molar refractivity (Wildman–Crippen MR) is 81.8 cm³/mol. The van der Waals surface area contributed by atoms with Gasteiger partial charge in [0.1, 0.15) is 17.6 Å². The number of nitrogens with zero attached hydrogens (tertiary/aromatic N) is 2. The molecule has 0 aliphatic heterocycles. The van der Waals surface area contributed by atoms with Gasteiger partial charge in [0.25, 0.3) is 0 Å². The minimum Gasteiger partial charge on any atom is -0.374 e. The van der Waals surface area contributed by atoms with Crippen molar-refractivity contribution in [3.63, 3.8) is 0 Å². The minimum atomic E-state index is 0.327. The Hall–Kier alpha value is -1.36. The van der Waals surface area contributed by atoms with Gasteiger partial charge in [-0.25, -0.2) is 9.97 Å². The summed E-state index contributed by atoms with van der Waals surface area (Å²) in [4.78, 5) is 8.45. The molecule has 2 rings (SSSR count). The first-order valence-electron chi connectivity index (χ1n) is 6.23. The third-order valence-electron chi connectivity index (χ3n) is 2.56. The fraction of sp³-hybridized carbons (Fsp3) is 0.286. The zero-order chi connectivity index (χ0) is 14.5. The van der Waals surface area contributed by atoms with Crippen LogP contribution in [0.4, 0.5) is 11.5 Å². The zero-order valence-electron chi connectivity index (χ0n) is 11.3. The summed E-state index contributed by atoms with van der Waals surface area (Å²) in [7, 11) is 0. The first-order valence-corrected chi connectivity index (χ1v) is 6.98. The number of nitrogens with one attached hydrogen (secondary N) is 1. The summed E-state index contributed by atoms with van der Waals surface area (Å²) in [6.07, 6.45) is 0. The summed E-state index contributed by atoms with van der Waals surface area (Å²) in [6.45, 7) is 4.82. The summed E-state index contributed by atoms with van der Waals surface area (Å²) >= 11 is 12.2. The number of hydrogen-bond donors (Lipinski definition) is 1. The molecule has 0 fully saturated rings. The molecule has 0 unspecified atom stereocenters. The number of hydrogen-bond acceptors (Lipinski definition) is 4. The van der Waals surface area contributed by atoms with Gasteiger partial charge in [0.15, 0.2) is 5.82 Å². The summed E-state index contributed by atoms with van der Waals surface area (Å²) < 4.78 is 5.28. The molecule has 4 nitrogen and oxygen atoms in total. The van der Waals surface area contributed by atoms with Crippen molar-refractivity contribution >= 4 is 34.7 Å². The van der Waals surface area contributed by atoms with Crippen LogP contribution in [0.25, 0.3) is 0 Å². The number of ether oxygens (including phenoxy) is 1. The fourth-order valence-corrected chi connectivity index (χ4v) is 2.13. The van der Waals surface area contributed by atoms with Crippen LogP contribution in [-0.4, -0.2) is 16.6 Å². The Morgan fingerprint density at radius 2 is 2.00 bits per heavy atom. The van der Waals surface area contributed by atoms with Crippen molar-refractivity contribution in [1.29, 1.82) is 0 Å². The SMILES string of the molecule is CCOCc1nc(Cl)cc(Nc2ccc(C)cc2Cl)n1. The normalized spacial score (nSPS) is 10.6. The van der Waals surface area contributed by atoms with Crippen LogP contribution in [0, 0.1) is 6.92 Å². The van der Waals surface area contributed by atoms with Crippen LogP contribution in [-0.2, 0) is 11.3 Å². The van der Waals surface area contributed by atoms with Crippen molar-refractivity contribution in [3.05, 3.63) is 45.8 Å². The first-order chi connectivity index (χ1) is 9.58. The largest absolute Gasteiger partial charge is 0.374 e. The molecule has 0 bridgehead atoms. The van der Waals surface area contributed by atoms with Gasteiger partial charge < -0.3 is 10.1 Å². The maximum absolute atomic E-state index is 6.18. The average molecular weight is 312 g/mol.